The van der Waals surface area contributed by atoms with E-state index in [0.29, 0.717) is 0 Å². The lowest BCUT2D eigenvalue weighted by molar-refractivity contribution is 1.08. The van der Waals surface area contributed by atoms with Crippen LogP contribution < -0.4 is 0 Å². The van der Waals surface area contributed by atoms with Crippen molar-refractivity contribution in [1.82, 2.24) is 9.97 Å². The zero-order valence-electron chi connectivity index (χ0n) is 4.43. The molecule has 0 amide bonds. The average molecular weight is 220 g/mol. The van der Waals surface area contributed by atoms with E-state index in [-0.39, 0.29) is 0 Å². The Morgan fingerprint density at radius 3 is 2.62 bits per heavy atom. The van der Waals surface area contributed by atoms with Crippen LogP contribution in [0.25, 0.3) is 0 Å². The van der Waals surface area contributed by atoms with Crippen LogP contribution in [-0.4, -0.2) is 9.97 Å². The maximum atomic E-state index is 3.92. The fourth-order valence-electron chi connectivity index (χ4n) is 0.422. The lowest BCUT2D eigenvalue weighted by Crippen LogP contribution is -1.83. The van der Waals surface area contributed by atoms with Gasteiger partial charge in [-0.1, -0.05) is 0 Å². The molecule has 1 aromatic heterocycles. The quantitative estimate of drug-likeness (QED) is 0.487. The second-order valence-corrected chi connectivity index (χ2v) is 2.59. The van der Waals surface area contributed by atoms with Crippen molar-refractivity contribution < 1.29 is 0 Å². The van der Waals surface area contributed by atoms with Gasteiger partial charge in [0.2, 0.25) is 0 Å². The van der Waals surface area contributed by atoms with Gasteiger partial charge in [0, 0.05) is 5.69 Å². The lowest BCUT2D eigenvalue weighted by Gasteiger charge is -1.87. The summed E-state index contributed by atoms with van der Waals surface area (Å²) in [5.41, 5.74) is 1.02. The van der Waals surface area contributed by atoms with E-state index >= 15 is 0 Å². The Kier molecular flexibility index (Phi) is 1.77. The highest BCUT2D eigenvalue weighted by Crippen LogP contribution is 1.98. The van der Waals surface area contributed by atoms with Crippen LogP contribution in [0.2, 0.25) is 0 Å². The van der Waals surface area contributed by atoms with Crippen molar-refractivity contribution in [3.63, 3.8) is 0 Å². The Balaban J connectivity index is 3.08. The molecular formula is C5H5IN2. The summed E-state index contributed by atoms with van der Waals surface area (Å²) in [5, 5.41) is 0. The summed E-state index contributed by atoms with van der Waals surface area (Å²) in [4.78, 5) is 7.84. The first-order valence-corrected chi connectivity index (χ1v) is 3.31. The molecule has 0 bridgehead atoms. The molecule has 42 valence electrons. The normalized spacial score (nSPS) is 9.25. The molecule has 1 heterocycles. The minimum Gasteiger partial charge on any atom is -0.242 e. The van der Waals surface area contributed by atoms with Gasteiger partial charge in [-0.15, -0.1) is 0 Å². The van der Waals surface area contributed by atoms with Crippen LogP contribution in [0, 0.1) is 10.6 Å². The first-order valence-electron chi connectivity index (χ1n) is 2.23. The van der Waals surface area contributed by atoms with Gasteiger partial charge < -0.3 is 0 Å². The largest absolute Gasteiger partial charge is 0.242 e. The Hall–Kier alpha value is -0.190. The number of nitrogens with zero attached hydrogens (tertiary/aromatic N) is 2. The van der Waals surface area contributed by atoms with E-state index in [9.17, 15) is 0 Å². The molecule has 8 heavy (non-hydrogen) atoms. The fourth-order valence-corrected chi connectivity index (χ4v) is 0.997. The van der Waals surface area contributed by atoms with E-state index in [1.54, 1.807) is 6.33 Å². The molecule has 0 saturated carbocycles. The second-order valence-electron chi connectivity index (χ2n) is 1.48. The molecule has 0 aliphatic carbocycles. The van der Waals surface area contributed by atoms with E-state index in [0.717, 1.165) is 9.39 Å². The van der Waals surface area contributed by atoms with Gasteiger partial charge in [-0.2, -0.15) is 0 Å². The van der Waals surface area contributed by atoms with Gasteiger partial charge in [-0.25, -0.2) is 9.97 Å². The minimum atomic E-state index is 0.995. The molecule has 0 aliphatic heterocycles. The van der Waals surface area contributed by atoms with Crippen LogP contribution in [0.3, 0.4) is 0 Å². The van der Waals surface area contributed by atoms with Gasteiger partial charge in [0.1, 0.15) is 10.0 Å². The summed E-state index contributed by atoms with van der Waals surface area (Å²) >= 11 is 2.15. The molecule has 0 atom stereocenters. The van der Waals surface area contributed by atoms with Crippen molar-refractivity contribution >= 4 is 22.6 Å². The van der Waals surface area contributed by atoms with Crippen LogP contribution >= 0.6 is 22.6 Å². The fraction of sp³-hybridized carbons (Fsp3) is 0.200. The Morgan fingerprint density at radius 1 is 1.50 bits per heavy atom. The van der Waals surface area contributed by atoms with Crippen LogP contribution in [-0.2, 0) is 0 Å². The molecule has 1 aromatic rings. The molecule has 0 aliphatic rings. The van der Waals surface area contributed by atoms with E-state index in [2.05, 4.69) is 32.6 Å². The molecule has 0 aromatic carbocycles. The van der Waals surface area contributed by atoms with Gasteiger partial charge in [0.05, 0.1) is 0 Å². The molecule has 2 nitrogen and oxygen atoms in total. The SMILES string of the molecule is Cc1cc(I)ncn1. The average Bonchev–Trinajstić information content (AvgIpc) is 1.64. The lowest BCUT2D eigenvalue weighted by atomic mass is 10.5. The summed E-state index contributed by atoms with van der Waals surface area (Å²) < 4.78 is 0.995. The van der Waals surface area contributed by atoms with Crippen LogP contribution in [0.5, 0.6) is 0 Å². The monoisotopic (exact) mass is 220 g/mol. The van der Waals surface area contributed by atoms with Crippen molar-refractivity contribution in [2.24, 2.45) is 0 Å². The molecule has 0 spiro atoms. The number of aromatic nitrogens is 2. The first-order chi connectivity index (χ1) is 3.79. The smallest absolute Gasteiger partial charge is 0.116 e. The number of halogens is 1. The molecule has 3 heteroatoms. The first kappa shape index (κ1) is 5.94. The third kappa shape index (κ3) is 1.40. The zero-order chi connectivity index (χ0) is 5.98. The summed E-state index contributed by atoms with van der Waals surface area (Å²) in [6.45, 7) is 1.95. The molecule has 0 unspecified atom stereocenters. The zero-order valence-corrected chi connectivity index (χ0v) is 6.58. The third-order valence-electron chi connectivity index (χ3n) is 0.770. The van der Waals surface area contributed by atoms with E-state index in [4.69, 9.17) is 0 Å². The molecule has 0 saturated heterocycles. The molecule has 0 radical (unpaired) electrons. The van der Waals surface area contributed by atoms with Gasteiger partial charge in [-0.05, 0) is 35.6 Å². The number of aryl methyl sites for hydroxylation is 1. The number of hydrogen-bond donors (Lipinski definition) is 0. The Morgan fingerprint density at radius 2 is 2.25 bits per heavy atom. The van der Waals surface area contributed by atoms with Crippen LogP contribution in [0.4, 0.5) is 0 Å². The summed E-state index contributed by atoms with van der Waals surface area (Å²) in [6, 6.07) is 1.93. The summed E-state index contributed by atoms with van der Waals surface area (Å²) in [7, 11) is 0. The van der Waals surface area contributed by atoms with Gasteiger partial charge in [0.15, 0.2) is 0 Å². The summed E-state index contributed by atoms with van der Waals surface area (Å²) in [6.07, 6.45) is 1.57. The highest BCUT2D eigenvalue weighted by Gasteiger charge is 1.85. The second kappa shape index (κ2) is 2.39. The third-order valence-corrected chi connectivity index (χ3v) is 1.36. The number of hydrogen-bond acceptors (Lipinski definition) is 2. The van der Waals surface area contributed by atoms with Crippen molar-refractivity contribution in [2.75, 3.05) is 0 Å². The van der Waals surface area contributed by atoms with Crippen molar-refractivity contribution in [3.8, 4) is 0 Å². The predicted molar refractivity (Wildman–Crippen MR) is 39.5 cm³/mol. The Bertz CT molecular complexity index is 170. The highest BCUT2D eigenvalue weighted by atomic mass is 127. The maximum Gasteiger partial charge on any atom is 0.116 e. The maximum absolute atomic E-state index is 3.92. The topological polar surface area (TPSA) is 25.8 Å². The van der Waals surface area contributed by atoms with Crippen molar-refractivity contribution in [3.05, 3.63) is 21.8 Å². The Labute approximate surface area is 61.5 Å². The molecular weight excluding hydrogens is 215 g/mol. The van der Waals surface area contributed by atoms with E-state index in [1.165, 1.54) is 0 Å². The summed E-state index contributed by atoms with van der Waals surface area (Å²) in [5.74, 6) is 0. The minimum absolute atomic E-state index is 0.995. The standard InChI is InChI=1S/C5H5IN2/c1-4-2-5(6)8-3-7-4/h2-3H,1H3. The van der Waals surface area contributed by atoms with Gasteiger partial charge >= 0.3 is 0 Å². The van der Waals surface area contributed by atoms with Crippen molar-refractivity contribution in [2.45, 2.75) is 6.92 Å². The van der Waals surface area contributed by atoms with E-state index < -0.39 is 0 Å². The van der Waals surface area contributed by atoms with Crippen LogP contribution in [0.1, 0.15) is 5.69 Å². The highest BCUT2D eigenvalue weighted by molar-refractivity contribution is 14.1. The van der Waals surface area contributed by atoms with E-state index in [1.807, 2.05) is 13.0 Å². The molecule has 0 N–H and O–H groups in total. The number of rotatable bonds is 0. The van der Waals surface area contributed by atoms with Gasteiger partial charge in [-0.3, -0.25) is 0 Å². The van der Waals surface area contributed by atoms with Gasteiger partial charge in [0.25, 0.3) is 0 Å². The predicted octanol–water partition coefficient (Wildman–Crippen LogP) is 1.39. The van der Waals surface area contributed by atoms with Crippen molar-refractivity contribution in [1.29, 1.82) is 0 Å². The molecule has 0 fully saturated rings. The molecule has 1 rings (SSSR count). The van der Waals surface area contributed by atoms with Crippen LogP contribution in [0.15, 0.2) is 12.4 Å².